The summed E-state index contributed by atoms with van der Waals surface area (Å²) in [5, 5.41) is 18.7. The van der Waals surface area contributed by atoms with E-state index in [1.54, 1.807) is 14.0 Å². The van der Waals surface area contributed by atoms with Gasteiger partial charge >= 0.3 is 0 Å². The normalized spacial score (nSPS) is 12.0. The Labute approximate surface area is 123 Å². The van der Waals surface area contributed by atoms with Gasteiger partial charge in [0.25, 0.3) is 5.91 Å². The largest absolute Gasteiger partial charge is 0.497 e. The van der Waals surface area contributed by atoms with Crippen molar-refractivity contribution in [1.29, 1.82) is 0 Å². The van der Waals surface area contributed by atoms with E-state index in [1.807, 2.05) is 24.3 Å². The van der Waals surface area contributed by atoms with Crippen LogP contribution in [0.3, 0.4) is 0 Å². The van der Waals surface area contributed by atoms with Crippen LogP contribution >= 0.6 is 0 Å². The molecule has 0 aliphatic heterocycles. The van der Waals surface area contributed by atoms with Gasteiger partial charge in [-0.1, -0.05) is 0 Å². The highest BCUT2D eigenvalue weighted by Crippen LogP contribution is 2.23. The zero-order chi connectivity index (χ0) is 15.2. The summed E-state index contributed by atoms with van der Waals surface area (Å²) in [6.45, 7) is 2.11. The lowest BCUT2D eigenvalue weighted by atomic mass is 10.1. The van der Waals surface area contributed by atoms with Crippen LogP contribution in [0.2, 0.25) is 0 Å². The fraction of sp³-hybridized carbons (Fsp3) is 0.333. The maximum Gasteiger partial charge on any atom is 0.255 e. The average molecular weight is 289 g/mol. The van der Waals surface area contributed by atoms with Gasteiger partial charge in [-0.15, -0.1) is 0 Å². The number of hydrogen-bond acceptors (Lipinski definition) is 4. The minimum Gasteiger partial charge on any atom is -0.497 e. The van der Waals surface area contributed by atoms with Crippen LogP contribution in [0.4, 0.5) is 0 Å². The molecule has 0 fully saturated rings. The van der Waals surface area contributed by atoms with Crippen LogP contribution in [0.1, 0.15) is 23.7 Å². The first-order valence-electron chi connectivity index (χ1n) is 6.76. The van der Waals surface area contributed by atoms with Crippen LogP contribution in [0.25, 0.3) is 11.3 Å². The summed E-state index contributed by atoms with van der Waals surface area (Å²) in [6.07, 6.45) is 1.58. The molecule has 1 unspecified atom stereocenters. The molecule has 1 amide bonds. The topological polar surface area (TPSA) is 87.2 Å². The molecule has 112 valence electrons. The molecule has 0 saturated carbocycles. The van der Waals surface area contributed by atoms with Crippen LogP contribution in [0, 0.1) is 0 Å². The van der Waals surface area contributed by atoms with Crippen LogP contribution < -0.4 is 10.1 Å². The fourth-order valence-corrected chi connectivity index (χ4v) is 1.93. The summed E-state index contributed by atoms with van der Waals surface area (Å²) in [6, 6.07) is 7.37. The predicted molar refractivity (Wildman–Crippen MR) is 79.2 cm³/mol. The number of ether oxygens (including phenoxy) is 1. The summed E-state index contributed by atoms with van der Waals surface area (Å²) < 4.78 is 5.11. The van der Waals surface area contributed by atoms with Gasteiger partial charge in [-0.05, 0) is 37.6 Å². The second-order valence-electron chi connectivity index (χ2n) is 4.78. The van der Waals surface area contributed by atoms with Crippen LogP contribution in [0.5, 0.6) is 5.75 Å². The number of aliphatic hydroxyl groups excluding tert-OH is 1. The van der Waals surface area contributed by atoms with Crippen molar-refractivity contribution in [3.8, 4) is 17.0 Å². The van der Waals surface area contributed by atoms with Gasteiger partial charge in [0.15, 0.2) is 0 Å². The Balaban J connectivity index is 2.11. The van der Waals surface area contributed by atoms with Crippen molar-refractivity contribution in [2.75, 3.05) is 13.7 Å². The number of H-pyrrole nitrogens is 1. The van der Waals surface area contributed by atoms with Gasteiger partial charge in [-0.25, -0.2) is 0 Å². The molecule has 0 bridgehead atoms. The number of carbonyl (C=O) groups excluding carboxylic acids is 1. The predicted octanol–water partition coefficient (Wildman–Crippen LogP) is 1.59. The number of methoxy groups -OCH3 is 1. The summed E-state index contributed by atoms with van der Waals surface area (Å²) in [5.41, 5.74) is 1.99. The Morgan fingerprint density at radius 1 is 1.43 bits per heavy atom. The van der Waals surface area contributed by atoms with Gasteiger partial charge < -0.3 is 15.2 Å². The van der Waals surface area contributed by atoms with E-state index in [0.717, 1.165) is 11.3 Å². The Bertz CT molecular complexity index is 590. The summed E-state index contributed by atoms with van der Waals surface area (Å²) in [7, 11) is 1.60. The standard InChI is InChI=1S/C15H19N3O3/c1-10(19)7-8-16-15(20)13-9-17-18-14(13)11-3-5-12(21-2)6-4-11/h3-6,9-10,19H,7-8H2,1-2H3,(H,16,20)(H,17,18). The molecule has 1 aromatic heterocycles. The monoisotopic (exact) mass is 289 g/mol. The molecule has 0 aliphatic carbocycles. The van der Waals surface area contributed by atoms with E-state index >= 15 is 0 Å². The molecule has 6 nitrogen and oxygen atoms in total. The highest BCUT2D eigenvalue weighted by Gasteiger charge is 2.15. The highest BCUT2D eigenvalue weighted by atomic mass is 16.5. The van der Waals surface area contributed by atoms with E-state index in [-0.39, 0.29) is 5.91 Å². The lowest BCUT2D eigenvalue weighted by Gasteiger charge is -2.07. The molecule has 0 saturated heterocycles. The SMILES string of the molecule is COc1ccc(-c2[nH]ncc2C(=O)NCCC(C)O)cc1. The van der Waals surface area contributed by atoms with Crippen molar-refractivity contribution in [1.82, 2.24) is 15.5 Å². The molecule has 0 spiro atoms. The van der Waals surface area contributed by atoms with Gasteiger partial charge in [-0.3, -0.25) is 9.89 Å². The van der Waals surface area contributed by atoms with Gasteiger partial charge in [-0.2, -0.15) is 5.10 Å². The van der Waals surface area contributed by atoms with Crippen molar-refractivity contribution in [3.05, 3.63) is 36.0 Å². The van der Waals surface area contributed by atoms with E-state index < -0.39 is 6.10 Å². The Morgan fingerprint density at radius 3 is 2.76 bits per heavy atom. The Morgan fingerprint density at radius 2 is 2.14 bits per heavy atom. The zero-order valence-electron chi connectivity index (χ0n) is 12.1. The third kappa shape index (κ3) is 3.82. The minimum absolute atomic E-state index is 0.213. The molecule has 6 heteroatoms. The summed E-state index contributed by atoms with van der Waals surface area (Å²) >= 11 is 0. The molecule has 2 rings (SSSR count). The number of rotatable bonds is 6. The van der Waals surface area contributed by atoms with Crippen LogP contribution in [0.15, 0.2) is 30.5 Å². The average Bonchev–Trinajstić information content (AvgIpc) is 2.96. The van der Waals surface area contributed by atoms with Crippen molar-refractivity contribution in [3.63, 3.8) is 0 Å². The minimum atomic E-state index is -0.435. The molecular weight excluding hydrogens is 270 g/mol. The smallest absolute Gasteiger partial charge is 0.255 e. The second-order valence-corrected chi connectivity index (χ2v) is 4.78. The maximum atomic E-state index is 12.1. The van der Waals surface area contributed by atoms with Crippen LogP contribution in [-0.4, -0.2) is 41.0 Å². The zero-order valence-corrected chi connectivity index (χ0v) is 12.1. The lowest BCUT2D eigenvalue weighted by Crippen LogP contribution is -2.26. The first kappa shape index (κ1) is 15.1. The quantitative estimate of drug-likeness (QED) is 0.753. The molecule has 1 atom stereocenters. The number of aromatic nitrogens is 2. The summed E-state index contributed by atoms with van der Waals surface area (Å²) in [5.74, 6) is 0.538. The molecule has 21 heavy (non-hydrogen) atoms. The van der Waals surface area contributed by atoms with Crippen molar-refractivity contribution < 1.29 is 14.6 Å². The number of benzene rings is 1. The molecule has 3 N–H and O–H groups in total. The molecule has 1 aromatic carbocycles. The van der Waals surface area contributed by atoms with E-state index in [9.17, 15) is 9.90 Å². The van der Waals surface area contributed by atoms with E-state index in [1.165, 1.54) is 6.20 Å². The molecular formula is C15H19N3O3. The number of nitrogens with zero attached hydrogens (tertiary/aromatic N) is 1. The number of hydrogen-bond donors (Lipinski definition) is 3. The van der Waals surface area contributed by atoms with Crippen LogP contribution in [-0.2, 0) is 0 Å². The Hall–Kier alpha value is -2.34. The van der Waals surface area contributed by atoms with Gasteiger partial charge in [0, 0.05) is 12.1 Å². The third-order valence-electron chi connectivity index (χ3n) is 3.11. The molecule has 0 radical (unpaired) electrons. The Kier molecular flexibility index (Phi) is 4.94. The second kappa shape index (κ2) is 6.90. The highest BCUT2D eigenvalue weighted by molar-refractivity contribution is 5.99. The van der Waals surface area contributed by atoms with Gasteiger partial charge in [0.1, 0.15) is 5.75 Å². The number of carbonyl (C=O) groups is 1. The molecule has 0 aliphatic rings. The van der Waals surface area contributed by atoms with E-state index in [0.29, 0.717) is 24.2 Å². The molecule has 2 aromatic rings. The van der Waals surface area contributed by atoms with Crippen molar-refractivity contribution in [2.24, 2.45) is 0 Å². The summed E-state index contributed by atoms with van der Waals surface area (Å²) in [4.78, 5) is 12.1. The first-order chi connectivity index (χ1) is 10.1. The van der Waals surface area contributed by atoms with Crippen molar-refractivity contribution >= 4 is 5.91 Å². The number of nitrogens with one attached hydrogen (secondary N) is 2. The van der Waals surface area contributed by atoms with Gasteiger partial charge in [0.05, 0.1) is 30.7 Å². The van der Waals surface area contributed by atoms with E-state index in [2.05, 4.69) is 15.5 Å². The fourth-order valence-electron chi connectivity index (χ4n) is 1.93. The third-order valence-corrected chi connectivity index (χ3v) is 3.11. The number of aromatic amines is 1. The number of amides is 1. The first-order valence-corrected chi connectivity index (χ1v) is 6.76. The lowest BCUT2D eigenvalue weighted by molar-refractivity contribution is 0.0946. The maximum absolute atomic E-state index is 12.1. The van der Waals surface area contributed by atoms with E-state index in [4.69, 9.17) is 4.74 Å². The number of aliphatic hydroxyl groups is 1. The van der Waals surface area contributed by atoms with Crippen molar-refractivity contribution in [2.45, 2.75) is 19.4 Å². The van der Waals surface area contributed by atoms with Gasteiger partial charge in [0.2, 0.25) is 0 Å². The molecule has 1 heterocycles.